The predicted octanol–water partition coefficient (Wildman–Crippen LogP) is 12.1. The average Bonchev–Trinajstić information content (AvgIpc) is 3.49. The van der Waals surface area contributed by atoms with Gasteiger partial charge in [0.05, 0.1) is 39.7 Å². The van der Waals surface area contributed by atoms with Crippen LogP contribution < -0.4 is 4.90 Å². The van der Waals surface area contributed by atoms with Crippen LogP contribution in [0.2, 0.25) is 0 Å². The molecule has 0 saturated heterocycles. The summed E-state index contributed by atoms with van der Waals surface area (Å²) >= 11 is 0. The molecule has 0 spiro atoms. The molecule has 0 aliphatic carbocycles. The standard InChI is InChI=1S/C46H33N3/c1-46(2)39-19-9-13-23-44(39)48(34-14-4-3-5-15-34)45-27-26-32(29-40(45)46)38-28-31(24-25-33(38)30-47)35-16-6-10-20-41(35)49-42-21-11-7-17-36(42)37-18-8-12-22-43(37)49/h3-29H,1-2H3. The molecule has 0 radical (unpaired) electrons. The van der Waals surface area contributed by atoms with E-state index in [9.17, 15) is 5.26 Å². The van der Waals surface area contributed by atoms with Crippen molar-refractivity contribution in [1.82, 2.24) is 4.57 Å². The fraction of sp³-hybridized carbons (Fsp3) is 0.0652. The van der Waals surface area contributed by atoms with Gasteiger partial charge < -0.3 is 9.47 Å². The zero-order chi connectivity index (χ0) is 33.1. The van der Waals surface area contributed by atoms with Crippen LogP contribution in [0.3, 0.4) is 0 Å². The summed E-state index contributed by atoms with van der Waals surface area (Å²) in [6, 6.07) is 60.6. The first-order chi connectivity index (χ1) is 24.0. The van der Waals surface area contributed by atoms with E-state index in [0.29, 0.717) is 5.56 Å². The quantitative estimate of drug-likeness (QED) is 0.194. The van der Waals surface area contributed by atoms with Crippen LogP contribution in [0.1, 0.15) is 30.5 Å². The van der Waals surface area contributed by atoms with Gasteiger partial charge in [0.2, 0.25) is 0 Å². The van der Waals surface area contributed by atoms with Crippen LogP contribution in [0, 0.1) is 11.3 Å². The molecule has 0 saturated carbocycles. The van der Waals surface area contributed by atoms with E-state index in [-0.39, 0.29) is 5.41 Å². The summed E-state index contributed by atoms with van der Waals surface area (Å²) in [5, 5.41) is 12.8. The van der Waals surface area contributed by atoms with Gasteiger partial charge in [-0.2, -0.15) is 5.26 Å². The molecule has 0 N–H and O–H groups in total. The number of fused-ring (bicyclic) bond motifs is 5. The Kier molecular flexibility index (Phi) is 6.54. The molecule has 7 aromatic carbocycles. The largest absolute Gasteiger partial charge is 0.310 e. The molecule has 0 bridgehead atoms. The third-order valence-corrected chi connectivity index (χ3v) is 10.2. The van der Waals surface area contributed by atoms with Crippen LogP contribution in [-0.2, 0) is 5.41 Å². The van der Waals surface area contributed by atoms with Gasteiger partial charge in [0.25, 0.3) is 0 Å². The Morgan fingerprint density at radius 1 is 0.490 bits per heavy atom. The third kappa shape index (κ3) is 4.42. The Balaban J connectivity index is 1.23. The second kappa shape index (κ2) is 11.1. The molecule has 0 atom stereocenters. The molecule has 9 rings (SSSR count). The molecular formula is C46H33N3. The lowest BCUT2D eigenvalue weighted by Crippen LogP contribution is -2.30. The highest BCUT2D eigenvalue weighted by atomic mass is 15.2. The zero-order valence-corrected chi connectivity index (χ0v) is 27.4. The first-order valence-corrected chi connectivity index (χ1v) is 16.8. The van der Waals surface area contributed by atoms with Gasteiger partial charge >= 0.3 is 0 Å². The number of para-hydroxylation sites is 5. The molecule has 232 valence electrons. The maximum atomic E-state index is 10.4. The van der Waals surface area contributed by atoms with Gasteiger partial charge in [0.1, 0.15) is 0 Å². The molecule has 1 aliphatic heterocycles. The number of benzene rings is 7. The van der Waals surface area contributed by atoms with Crippen molar-refractivity contribution in [3.05, 3.63) is 180 Å². The molecule has 1 aliphatic rings. The molecule has 49 heavy (non-hydrogen) atoms. The SMILES string of the molecule is CC1(C)c2ccccc2N(c2ccccc2)c2ccc(-c3cc(-c4ccccc4-n4c5ccccc5c5ccccc54)ccc3C#N)cc21. The second-order valence-corrected chi connectivity index (χ2v) is 13.3. The smallest absolute Gasteiger partial charge is 0.0998 e. The second-order valence-electron chi connectivity index (χ2n) is 13.3. The first-order valence-electron chi connectivity index (χ1n) is 16.8. The minimum absolute atomic E-state index is 0.249. The molecule has 3 heteroatoms. The number of rotatable bonds is 4. The molecule has 0 unspecified atom stereocenters. The van der Waals surface area contributed by atoms with Gasteiger partial charge in [-0.25, -0.2) is 0 Å². The molecule has 3 nitrogen and oxygen atoms in total. The van der Waals surface area contributed by atoms with E-state index in [0.717, 1.165) is 39.3 Å². The van der Waals surface area contributed by atoms with Crippen molar-refractivity contribution < 1.29 is 0 Å². The van der Waals surface area contributed by atoms with Crippen LogP contribution in [0.25, 0.3) is 49.7 Å². The first kappa shape index (κ1) is 28.8. The zero-order valence-electron chi connectivity index (χ0n) is 27.4. The van der Waals surface area contributed by atoms with Crippen molar-refractivity contribution in [2.75, 3.05) is 4.90 Å². The highest BCUT2D eigenvalue weighted by Crippen LogP contribution is 2.52. The highest BCUT2D eigenvalue weighted by molar-refractivity contribution is 6.09. The van der Waals surface area contributed by atoms with Crippen LogP contribution in [0.15, 0.2) is 164 Å². The van der Waals surface area contributed by atoms with Gasteiger partial charge in [-0.05, 0) is 82.9 Å². The van der Waals surface area contributed by atoms with Crippen molar-refractivity contribution in [2.24, 2.45) is 0 Å². The molecular weight excluding hydrogens is 595 g/mol. The van der Waals surface area contributed by atoms with Crippen molar-refractivity contribution in [3.63, 3.8) is 0 Å². The minimum Gasteiger partial charge on any atom is -0.310 e. The average molecular weight is 628 g/mol. The Labute approximate surface area is 286 Å². The number of hydrogen-bond donors (Lipinski definition) is 0. The van der Waals surface area contributed by atoms with Crippen LogP contribution in [0.5, 0.6) is 0 Å². The minimum atomic E-state index is -0.249. The summed E-state index contributed by atoms with van der Waals surface area (Å²) in [4.78, 5) is 2.36. The normalized spacial score (nSPS) is 13.2. The van der Waals surface area contributed by atoms with Crippen LogP contribution in [0.4, 0.5) is 17.1 Å². The van der Waals surface area contributed by atoms with Gasteiger partial charge in [0.15, 0.2) is 0 Å². The summed E-state index contributed by atoms with van der Waals surface area (Å²) in [6.45, 7) is 4.61. The van der Waals surface area contributed by atoms with E-state index in [1.54, 1.807) is 0 Å². The number of aromatic nitrogens is 1. The van der Waals surface area contributed by atoms with Crippen molar-refractivity contribution in [1.29, 1.82) is 5.26 Å². The molecule has 0 fully saturated rings. The Morgan fingerprint density at radius 2 is 1.06 bits per heavy atom. The molecule has 2 heterocycles. The maximum absolute atomic E-state index is 10.4. The summed E-state index contributed by atoms with van der Waals surface area (Å²) < 4.78 is 2.37. The van der Waals surface area contributed by atoms with Crippen molar-refractivity contribution >= 4 is 38.9 Å². The van der Waals surface area contributed by atoms with E-state index in [1.807, 2.05) is 6.07 Å². The maximum Gasteiger partial charge on any atom is 0.0998 e. The topological polar surface area (TPSA) is 32.0 Å². The van der Waals surface area contributed by atoms with E-state index in [2.05, 4.69) is 187 Å². The summed E-state index contributed by atoms with van der Waals surface area (Å²) in [5.41, 5.74) is 14.0. The van der Waals surface area contributed by atoms with Gasteiger partial charge in [0, 0.05) is 33.0 Å². The van der Waals surface area contributed by atoms with Crippen LogP contribution >= 0.6 is 0 Å². The monoisotopic (exact) mass is 627 g/mol. The lowest BCUT2D eigenvalue weighted by atomic mass is 9.72. The highest BCUT2D eigenvalue weighted by Gasteiger charge is 2.37. The van der Waals surface area contributed by atoms with Crippen molar-refractivity contribution in [3.8, 4) is 34.0 Å². The summed E-state index contributed by atoms with van der Waals surface area (Å²) in [6.07, 6.45) is 0. The van der Waals surface area contributed by atoms with Crippen molar-refractivity contribution in [2.45, 2.75) is 19.3 Å². The third-order valence-electron chi connectivity index (χ3n) is 10.2. The van der Waals surface area contributed by atoms with E-state index < -0.39 is 0 Å². The fourth-order valence-electron chi connectivity index (χ4n) is 7.87. The van der Waals surface area contributed by atoms with Gasteiger partial charge in [-0.3, -0.25) is 0 Å². The Morgan fingerprint density at radius 3 is 1.80 bits per heavy atom. The number of nitrogens with zero attached hydrogens (tertiary/aromatic N) is 3. The number of nitriles is 1. The summed E-state index contributed by atoms with van der Waals surface area (Å²) in [7, 11) is 0. The lowest BCUT2D eigenvalue weighted by molar-refractivity contribution is 0.632. The summed E-state index contributed by atoms with van der Waals surface area (Å²) in [5.74, 6) is 0. The van der Waals surface area contributed by atoms with Gasteiger partial charge in [-0.1, -0.05) is 117 Å². The lowest BCUT2D eigenvalue weighted by Gasteiger charge is -2.42. The number of anilines is 3. The molecule has 0 amide bonds. The van der Waals surface area contributed by atoms with Crippen LogP contribution in [-0.4, -0.2) is 4.57 Å². The van der Waals surface area contributed by atoms with E-state index in [4.69, 9.17) is 0 Å². The van der Waals surface area contributed by atoms with E-state index in [1.165, 1.54) is 38.6 Å². The fourth-order valence-corrected chi connectivity index (χ4v) is 7.87. The Hall–Kier alpha value is -6.37. The van der Waals surface area contributed by atoms with E-state index >= 15 is 0 Å². The Bertz CT molecular complexity index is 2550. The molecule has 8 aromatic rings. The van der Waals surface area contributed by atoms with Gasteiger partial charge in [-0.15, -0.1) is 0 Å². The number of hydrogen-bond acceptors (Lipinski definition) is 2. The molecule has 1 aromatic heterocycles. The predicted molar refractivity (Wildman–Crippen MR) is 203 cm³/mol.